The van der Waals surface area contributed by atoms with E-state index in [0.29, 0.717) is 17.0 Å². The lowest BCUT2D eigenvalue weighted by Gasteiger charge is -2.09. The molecule has 0 spiro atoms. The van der Waals surface area contributed by atoms with Gasteiger partial charge in [-0.1, -0.05) is 19.1 Å². The lowest BCUT2D eigenvalue weighted by Crippen LogP contribution is -1.99. The van der Waals surface area contributed by atoms with Crippen LogP contribution in [0.5, 0.6) is 5.75 Å². The van der Waals surface area contributed by atoms with Gasteiger partial charge in [0, 0.05) is 0 Å². The highest BCUT2D eigenvalue weighted by molar-refractivity contribution is 9.10. The minimum absolute atomic E-state index is 0.518. The summed E-state index contributed by atoms with van der Waals surface area (Å²) in [5.41, 5.74) is 0.778. The molecule has 1 heterocycles. The number of hydrogen-bond acceptors (Lipinski definition) is 3. The fourth-order valence-corrected chi connectivity index (χ4v) is 1.92. The van der Waals surface area contributed by atoms with Gasteiger partial charge >= 0.3 is 0 Å². The standard InChI is InChI=1S/C14H15BrO3/c1-2-9-17-11-5-3-10(4-6-11)14(16)12-7-8-13(15)18-12/h3-8,14,16H,2,9H2,1H3. The summed E-state index contributed by atoms with van der Waals surface area (Å²) in [7, 11) is 0. The molecule has 1 N–H and O–H groups in total. The number of rotatable bonds is 5. The average molecular weight is 311 g/mol. The van der Waals surface area contributed by atoms with Crippen LogP contribution in [0.15, 0.2) is 45.5 Å². The van der Waals surface area contributed by atoms with Crippen molar-refractivity contribution in [2.45, 2.75) is 19.4 Å². The van der Waals surface area contributed by atoms with Crippen molar-refractivity contribution in [2.24, 2.45) is 0 Å². The van der Waals surface area contributed by atoms with Crippen molar-refractivity contribution in [3.63, 3.8) is 0 Å². The lowest BCUT2D eigenvalue weighted by molar-refractivity contribution is 0.187. The Kier molecular flexibility index (Phi) is 4.44. The van der Waals surface area contributed by atoms with E-state index < -0.39 is 6.10 Å². The SMILES string of the molecule is CCCOc1ccc(C(O)c2ccc(Br)o2)cc1. The second kappa shape index (κ2) is 6.07. The Labute approximate surface area is 115 Å². The van der Waals surface area contributed by atoms with Gasteiger partial charge in [0.25, 0.3) is 0 Å². The quantitative estimate of drug-likeness (QED) is 0.910. The van der Waals surface area contributed by atoms with Gasteiger partial charge in [0.1, 0.15) is 17.6 Å². The largest absolute Gasteiger partial charge is 0.494 e. The van der Waals surface area contributed by atoms with Crippen LogP contribution in [0.4, 0.5) is 0 Å². The van der Waals surface area contributed by atoms with E-state index in [-0.39, 0.29) is 0 Å². The summed E-state index contributed by atoms with van der Waals surface area (Å²) in [6.07, 6.45) is 0.224. The van der Waals surface area contributed by atoms with E-state index in [4.69, 9.17) is 9.15 Å². The van der Waals surface area contributed by atoms with Crippen LogP contribution in [-0.4, -0.2) is 11.7 Å². The van der Waals surface area contributed by atoms with Crippen molar-refractivity contribution in [2.75, 3.05) is 6.61 Å². The van der Waals surface area contributed by atoms with Crippen LogP contribution in [0.3, 0.4) is 0 Å². The van der Waals surface area contributed by atoms with Crippen molar-refractivity contribution in [1.29, 1.82) is 0 Å². The summed E-state index contributed by atoms with van der Waals surface area (Å²) in [5.74, 6) is 1.33. The summed E-state index contributed by atoms with van der Waals surface area (Å²) >= 11 is 3.22. The molecule has 0 aliphatic carbocycles. The summed E-state index contributed by atoms with van der Waals surface area (Å²) in [6.45, 7) is 2.76. The molecule has 1 unspecified atom stereocenters. The summed E-state index contributed by atoms with van der Waals surface area (Å²) in [4.78, 5) is 0. The minimum Gasteiger partial charge on any atom is -0.494 e. The maximum Gasteiger partial charge on any atom is 0.169 e. The molecule has 0 radical (unpaired) electrons. The highest BCUT2D eigenvalue weighted by Crippen LogP contribution is 2.27. The third-order valence-corrected chi connectivity index (χ3v) is 2.96. The molecule has 1 aromatic carbocycles. The van der Waals surface area contributed by atoms with Crippen LogP contribution in [0.25, 0.3) is 0 Å². The van der Waals surface area contributed by atoms with Crippen LogP contribution in [0.1, 0.15) is 30.8 Å². The summed E-state index contributed by atoms with van der Waals surface area (Å²) < 4.78 is 11.4. The molecule has 18 heavy (non-hydrogen) atoms. The van der Waals surface area contributed by atoms with Crippen molar-refractivity contribution in [1.82, 2.24) is 0 Å². The van der Waals surface area contributed by atoms with E-state index in [1.807, 2.05) is 24.3 Å². The van der Waals surface area contributed by atoms with Crippen molar-refractivity contribution < 1.29 is 14.3 Å². The van der Waals surface area contributed by atoms with Gasteiger partial charge in [-0.05, 0) is 52.2 Å². The zero-order valence-corrected chi connectivity index (χ0v) is 11.7. The lowest BCUT2D eigenvalue weighted by atomic mass is 10.1. The van der Waals surface area contributed by atoms with Crippen LogP contribution >= 0.6 is 15.9 Å². The van der Waals surface area contributed by atoms with Gasteiger partial charge in [0.15, 0.2) is 4.67 Å². The van der Waals surface area contributed by atoms with Crippen molar-refractivity contribution >= 4 is 15.9 Å². The second-order valence-corrected chi connectivity index (χ2v) is 4.74. The monoisotopic (exact) mass is 310 g/mol. The molecule has 0 amide bonds. The molecule has 0 saturated carbocycles. The number of benzene rings is 1. The zero-order chi connectivity index (χ0) is 13.0. The Morgan fingerprint density at radius 1 is 1.22 bits per heavy atom. The van der Waals surface area contributed by atoms with E-state index in [2.05, 4.69) is 22.9 Å². The molecule has 2 rings (SSSR count). The second-order valence-electron chi connectivity index (χ2n) is 3.96. The maximum absolute atomic E-state index is 10.1. The van der Waals surface area contributed by atoms with Crippen molar-refractivity contribution in [3.05, 3.63) is 52.4 Å². The number of aliphatic hydroxyl groups is 1. The first-order valence-corrected chi connectivity index (χ1v) is 6.66. The molecule has 0 bridgehead atoms. The number of ether oxygens (including phenoxy) is 1. The van der Waals surface area contributed by atoms with Crippen LogP contribution in [-0.2, 0) is 0 Å². The number of furan rings is 1. The van der Waals surface area contributed by atoms with Gasteiger partial charge < -0.3 is 14.3 Å². The Balaban J connectivity index is 2.09. The number of halogens is 1. The highest BCUT2D eigenvalue weighted by Gasteiger charge is 2.14. The normalized spacial score (nSPS) is 12.4. The van der Waals surface area contributed by atoms with Gasteiger partial charge in [-0.2, -0.15) is 0 Å². The molecule has 4 heteroatoms. The molecular formula is C14H15BrO3. The van der Waals surface area contributed by atoms with E-state index in [9.17, 15) is 5.11 Å². The van der Waals surface area contributed by atoms with E-state index in [1.54, 1.807) is 12.1 Å². The van der Waals surface area contributed by atoms with E-state index in [0.717, 1.165) is 17.7 Å². The molecule has 1 aromatic heterocycles. The Bertz CT molecular complexity index is 490. The maximum atomic E-state index is 10.1. The first-order chi connectivity index (χ1) is 8.70. The molecular weight excluding hydrogens is 296 g/mol. The van der Waals surface area contributed by atoms with Gasteiger partial charge in [-0.25, -0.2) is 0 Å². The summed E-state index contributed by atoms with van der Waals surface area (Å²) in [6, 6.07) is 10.9. The van der Waals surface area contributed by atoms with Crippen molar-refractivity contribution in [3.8, 4) is 5.75 Å². The number of aliphatic hydroxyl groups excluding tert-OH is 1. The molecule has 0 aliphatic rings. The van der Waals surface area contributed by atoms with Gasteiger partial charge in [0.05, 0.1) is 6.61 Å². The smallest absolute Gasteiger partial charge is 0.169 e. The molecule has 0 aliphatic heterocycles. The Morgan fingerprint density at radius 3 is 2.50 bits per heavy atom. The first kappa shape index (κ1) is 13.2. The minimum atomic E-state index is -0.753. The van der Waals surface area contributed by atoms with Crippen LogP contribution in [0, 0.1) is 0 Å². The van der Waals surface area contributed by atoms with E-state index in [1.165, 1.54) is 0 Å². The first-order valence-electron chi connectivity index (χ1n) is 5.86. The Hall–Kier alpha value is -1.26. The predicted octanol–water partition coefficient (Wildman–Crippen LogP) is 3.91. The van der Waals surface area contributed by atoms with Crippen LogP contribution < -0.4 is 4.74 Å². The van der Waals surface area contributed by atoms with E-state index >= 15 is 0 Å². The Morgan fingerprint density at radius 2 is 1.94 bits per heavy atom. The highest BCUT2D eigenvalue weighted by atomic mass is 79.9. The molecule has 1 atom stereocenters. The fraction of sp³-hybridized carbons (Fsp3) is 0.286. The molecule has 2 aromatic rings. The molecule has 0 fully saturated rings. The van der Waals surface area contributed by atoms with Gasteiger partial charge in [-0.3, -0.25) is 0 Å². The molecule has 3 nitrogen and oxygen atoms in total. The summed E-state index contributed by atoms with van der Waals surface area (Å²) in [5, 5.41) is 10.1. The van der Waals surface area contributed by atoms with Gasteiger partial charge in [0.2, 0.25) is 0 Å². The fourth-order valence-electron chi connectivity index (χ4n) is 1.61. The van der Waals surface area contributed by atoms with Gasteiger partial charge in [-0.15, -0.1) is 0 Å². The average Bonchev–Trinajstić information content (AvgIpc) is 2.83. The molecule has 0 saturated heterocycles. The van der Waals surface area contributed by atoms with Crippen LogP contribution in [0.2, 0.25) is 0 Å². The molecule has 96 valence electrons. The zero-order valence-electron chi connectivity index (χ0n) is 10.1. The third kappa shape index (κ3) is 3.15. The third-order valence-electron chi connectivity index (χ3n) is 2.53. The predicted molar refractivity (Wildman–Crippen MR) is 72.7 cm³/mol. The number of hydrogen-bond donors (Lipinski definition) is 1. The topological polar surface area (TPSA) is 42.6 Å².